The molecule has 4 aromatic carbocycles. The highest BCUT2D eigenvalue weighted by atomic mass is 16.5. The number of carbonyl (C=O) groups is 1. The Morgan fingerprint density at radius 1 is 0.870 bits per heavy atom. The third kappa shape index (κ3) is 8.10. The summed E-state index contributed by atoms with van der Waals surface area (Å²) in [4.78, 5) is 19.8. The lowest BCUT2D eigenvalue weighted by Gasteiger charge is -2.34. The average molecular weight is 616 g/mol. The van der Waals surface area contributed by atoms with Gasteiger partial charge in [0.05, 0.1) is 12.7 Å². The molecule has 0 radical (unpaired) electrons. The van der Waals surface area contributed by atoms with Gasteiger partial charge >= 0.3 is 0 Å². The summed E-state index contributed by atoms with van der Waals surface area (Å²) in [6.07, 6.45) is 5.44. The number of rotatable bonds is 13. The number of fused-ring (bicyclic) bond motifs is 1. The molecule has 0 aliphatic carbocycles. The third-order valence-corrected chi connectivity index (χ3v) is 8.56. The van der Waals surface area contributed by atoms with Crippen LogP contribution in [0.3, 0.4) is 0 Å². The molecule has 236 valence electrons. The Bertz CT molecular complexity index is 1650. The van der Waals surface area contributed by atoms with Crippen LogP contribution in [0.15, 0.2) is 115 Å². The molecule has 7 heteroatoms. The maximum atomic E-state index is 13.0. The maximum absolute atomic E-state index is 13.0. The third-order valence-electron chi connectivity index (χ3n) is 8.56. The lowest BCUT2D eigenvalue weighted by Crippen LogP contribution is -2.41. The summed E-state index contributed by atoms with van der Waals surface area (Å²) in [6.45, 7) is 3.69. The van der Waals surface area contributed by atoms with Crippen molar-refractivity contribution in [1.29, 1.82) is 0 Å². The molecule has 1 aliphatic rings. The molecule has 0 spiro atoms. The number of likely N-dealkylation sites (tertiary alicyclic amines) is 1. The average Bonchev–Trinajstić information content (AvgIpc) is 3.11. The topological polar surface area (TPSA) is 83.9 Å². The first-order valence-corrected chi connectivity index (χ1v) is 16.2. The lowest BCUT2D eigenvalue weighted by molar-refractivity contribution is -0.0267. The van der Waals surface area contributed by atoms with Gasteiger partial charge < -0.3 is 24.8 Å². The number of nitrogens with zero attached hydrogens (tertiary/aromatic N) is 2. The number of carbonyl (C=O) groups excluding carboxylic acids is 1. The number of ether oxygens (including phenoxy) is 2. The van der Waals surface area contributed by atoms with Crippen molar-refractivity contribution in [2.45, 2.75) is 37.9 Å². The van der Waals surface area contributed by atoms with E-state index in [2.05, 4.69) is 63.7 Å². The van der Waals surface area contributed by atoms with Gasteiger partial charge in [0.1, 0.15) is 17.6 Å². The standard InChI is InChI=1S/C39H41N3O4/c43-36-18-19-37(45-27-9-15-32-14-7-8-22-40-32)34-17-16-31(28-35(34)36)39(44)41-23-26-42-24-20-33(21-25-42)46-38(29-10-3-1-4-11-29)30-12-5-2-6-13-30/h1-8,10-14,16-19,22,28,33,38,43H,9,15,20-21,23-27H2,(H,41,44). The minimum absolute atomic E-state index is 0.0838. The second-order valence-corrected chi connectivity index (χ2v) is 11.8. The van der Waals surface area contributed by atoms with Gasteiger partial charge in [0, 0.05) is 54.4 Å². The minimum atomic E-state index is -0.158. The molecule has 0 atom stereocenters. The molecule has 1 fully saturated rings. The Balaban J connectivity index is 0.974. The van der Waals surface area contributed by atoms with Crippen LogP contribution >= 0.6 is 0 Å². The number of hydrogen-bond donors (Lipinski definition) is 2. The van der Waals surface area contributed by atoms with Gasteiger partial charge in [0.25, 0.3) is 5.91 Å². The van der Waals surface area contributed by atoms with Crippen molar-refractivity contribution in [1.82, 2.24) is 15.2 Å². The molecule has 6 rings (SSSR count). The van der Waals surface area contributed by atoms with E-state index in [0.29, 0.717) is 29.9 Å². The smallest absolute Gasteiger partial charge is 0.251 e. The van der Waals surface area contributed by atoms with Crippen LogP contribution in [-0.4, -0.2) is 59.8 Å². The highest BCUT2D eigenvalue weighted by Gasteiger charge is 2.24. The van der Waals surface area contributed by atoms with Gasteiger partial charge in [0.2, 0.25) is 0 Å². The highest BCUT2D eigenvalue weighted by molar-refractivity contribution is 6.01. The highest BCUT2D eigenvalue weighted by Crippen LogP contribution is 2.34. The summed E-state index contributed by atoms with van der Waals surface area (Å²) in [5.74, 6) is 0.652. The number of amides is 1. The van der Waals surface area contributed by atoms with Gasteiger partial charge in [-0.05, 0) is 79.3 Å². The van der Waals surface area contributed by atoms with Gasteiger partial charge in [0.15, 0.2) is 0 Å². The number of phenolic OH excluding ortho intramolecular Hbond substituents is 1. The Hall–Kier alpha value is -4.72. The normalized spacial score (nSPS) is 14.0. The number of benzene rings is 4. The Morgan fingerprint density at radius 3 is 2.28 bits per heavy atom. The summed E-state index contributed by atoms with van der Waals surface area (Å²) in [5.41, 5.74) is 3.88. The molecule has 0 bridgehead atoms. The summed E-state index contributed by atoms with van der Waals surface area (Å²) in [5, 5.41) is 15.0. The van der Waals surface area contributed by atoms with Gasteiger partial charge in [-0.3, -0.25) is 9.78 Å². The molecule has 46 heavy (non-hydrogen) atoms. The van der Waals surface area contributed by atoms with E-state index in [4.69, 9.17) is 9.47 Å². The van der Waals surface area contributed by atoms with Crippen LogP contribution in [0.25, 0.3) is 10.8 Å². The fourth-order valence-corrected chi connectivity index (χ4v) is 6.05. The zero-order chi connectivity index (χ0) is 31.6. The number of nitrogens with one attached hydrogen (secondary N) is 1. The molecule has 0 saturated carbocycles. The fraction of sp³-hybridized carbons (Fsp3) is 0.282. The van der Waals surface area contributed by atoms with Crippen molar-refractivity contribution in [3.8, 4) is 11.5 Å². The zero-order valence-electron chi connectivity index (χ0n) is 26.1. The largest absolute Gasteiger partial charge is 0.507 e. The van der Waals surface area contributed by atoms with E-state index < -0.39 is 0 Å². The van der Waals surface area contributed by atoms with Crippen molar-refractivity contribution < 1.29 is 19.4 Å². The number of aryl methyl sites for hydroxylation is 1. The second-order valence-electron chi connectivity index (χ2n) is 11.8. The predicted octanol–water partition coefficient (Wildman–Crippen LogP) is 6.95. The molecule has 1 saturated heterocycles. The van der Waals surface area contributed by atoms with Gasteiger partial charge in [-0.1, -0.05) is 66.7 Å². The molecule has 2 N–H and O–H groups in total. The van der Waals surface area contributed by atoms with E-state index in [1.807, 2.05) is 36.4 Å². The number of phenols is 1. The van der Waals surface area contributed by atoms with Crippen LogP contribution in [-0.2, 0) is 11.2 Å². The van der Waals surface area contributed by atoms with Crippen LogP contribution in [0.2, 0.25) is 0 Å². The molecule has 5 aromatic rings. The minimum Gasteiger partial charge on any atom is -0.507 e. The Morgan fingerprint density at radius 2 is 1.59 bits per heavy atom. The molecule has 1 aliphatic heterocycles. The van der Waals surface area contributed by atoms with Crippen molar-refractivity contribution in [3.05, 3.63) is 138 Å². The van der Waals surface area contributed by atoms with Crippen LogP contribution in [0.5, 0.6) is 11.5 Å². The molecular weight excluding hydrogens is 574 g/mol. The molecule has 7 nitrogen and oxygen atoms in total. The lowest BCUT2D eigenvalue weighted by atomic mass is 10.00. The monoisotopic (exact) mass is 615 g/mol. The quantitative estimate of drug-likeness (QED) is 0.140. The second kappa shape index (κ2) is 15.5. The van der Waals surface area contributed by atoms with Crippen molar-refractivity contribution >= 4 is 16.7 Å². The summed E-state index contributed by atoms with van der Waals surface area (Å²) < 4.78 is 12.7. The predicted molar refractivity (Wildman–Crippen MR) is 181 cm³/mol. The number of pyridine rings is 1. The van der Waals surface area contributed by atoms with Crippen LogP contribution in [0.4, 0.5) is 0 Å². The van der Waals surface area contributed by atoms with E-state index in [-0.39, 0.29) is 23.9 Å². The SMILES string of the molecule is O=C(NCCN1CCC(OC(c2ccccc2)c2ccccc2)CC1)c1ccc2c(OCCCc3ccccn3)ccc(O)c2c1. The molecule has 1 amide bonds. The van der Waals surface area contributed by atoms with Crippen LogP contribution < -0.4 is 10.1 Å². The molecule has 1 aromatic heterocycles. The number of aromatic hydroxyl groups is 1. The number of hydrogen-bond acceptors (Lipinski definition) is 6. The zero-order valence-corrected chi connectivity index (χ0v) is 26.1. The first-order valence-electron chi connectivity index (χ1n) is 16.2. The Labute approximate surface area is 270 Å². The van der Waals surface area contributed by atoms with E-state index in [0.717, 1.165) is 56.4 Å². The van der Waals surface area contributed by atoms with E-state index >= 15 is 0 Å². The maximum Gasteiger partial charge on any atom is 0.251 e. The first kappa shape index (κ1) is 31.3. The van der Waals surface area contributed by atoms with Gasteiger partial charge in [-0.15, -0.1) is 0 Å². The van der Waals surface area contributed by atoms with Crippen molar-refractivity contribution in [2.24, 2.45) is 0 Å². The molecule has 2 heterocycles. The fourth-order valence-electron chi connectivity index (χ4n) is 6.05. The number of aromatic nitrogens is 1. The summed E-state index contributed by atoms with van der Waals surface area (Å²) in [7, 11) is 0. The van der Waals surface area contributed by atoms with Crippen LogP contribution in [0.1, 0.15) is 52.5 Å². The molecular formula is C39H41N3O4. The number of piperidine rings is 1. The molecule has 0 unspecified atom stereocenters. The first-order chi connectivity index (χ1) is 22.6. The van der Waals surface area contributed by atoms with Crippen molar-refractivity contribution in [3.63, 3.8) is 0 Å². The van der Waals surface area contributed by atoms with E-state index in [1.54, 1.807) is 30.5 Å². The van der Waals surface area contributed by atoms with Gasteiger partial charge in [-0.2, -0.15) is 0 Å². The van der Waals surface area contributed by atoms with Crippen molar-refractivity contribution in [2.75, 3.05) is 32.8 Å². The summed E-state index contributed by atoms with van der Waals surface area (Å²) in [6, 6.07) is 35.5. The van der Waals surface area contributed by atoms with E-state index in [9.17, 15) is 9.90 Å². The summed E-state index contributed by atoms with van der Waals surface area (Å²) >= 11 is 0. The Kier molecular flexibility index (Phi) is 10.6. The van der Waals surface area contributed by atoms with Gasteiger partial charge in [-0.25, -0.2) is 0 Å². The van der Waals surface area contributed by atoms with E-state index in [1.165, 1.54) is 11.1 Å². The van der Waals surface area contributed by atoms with Crippen LogP contribution in [0, 0.1) is 0 Å².